The standard InChI is InChI=1S/C25H42/c1-4-6-8-10-22-12-14-23(15-13-22)16-18-25-19-17-24(20-21(25)3)11-9-7-5-2/h17,19-20,22-23H,4-16,18H2,1-3H3. The zero-order valence-corrected chi connectivity index (χ0v) is 17.3. The van der Waals surface area contributed by atoms with Gasteiger partial charge in [-0.3, -0.25) is 0 Å². The van der Waals surface area contributed by atoms with E-state index < -0.39 is 0 Å². The van der Waals surface area contributed by atoms with Gasteiger partial charge in [0.15, 0.2) is 0 Å². The van der Waals surface area contributed by atoms with E-state index in [0.29, 0.717) is 0 Å². The van der Waals surface area contributed by atoms with Gasteiger partial charge in [0.1, 0.15) is 0 Å². The highest BCUT2D eigenvalue weighted by atomic mass is 14.3. The Morgan fingerprint density at radius 2 is 1.40 bits per heavy atom. The van der Waals surface area contributed by atoms with Crippen LogP contribution in [-0.2, 0) is 12.8 Å². The maximum Gasteiger partial charge on any atom is -0.0274 e. The van der Waals surface area contributed by atoms with Crippen molar-refractivity contribution in [2.45, 2.75) is 111 Å². The third kappa shape index (κ3) is 7.55. The predicted molar refractivity (Wildman–Crippen MR) is 112 cm³/mol. The molecular weight excluding hydrogens is 300 g/mol. The molecule has 0 aromatic heterocycles. The van der Waals surface area contributed by atoms with Gasteiger partial charge in [0.25, 0.3) is 0 Å². The van der Waals surface area contributed by atoms with Gasteiger partial charge in [-0.15, -0.1) is 0 Å². The van der Waals surface area contributed by atoms with Crippen LogP contribution < -0.4 is 0 Å². The van der Waals surface area contributed by atoms with E-state index >= 15 is 0 Å². The Balaban J connectivity index is 1.69. The highest BCUT2D eigenvalue weighted by Crippen LogP contribution is 2.34. The smallest absolute Gasteiger partial charge is 0.0274 e. The number of aryl methyl sites for hydroxylation is 3. The highest BCUT2D eigenvalue weighted by molar-refractivity contribution is 5.31. The average Bonchev–Trinajstić information content (AvgIpc) is 2.62. The molecule has 0 atom stereocenters. The molecular formula is C25H42. The minimum atomic E-state index is 0.992. The molecule has 25 heavy (non-hydrogen) atoms. The number of unbranched alkanes of at least 4 members (excludes halogenated alkanes) is 4. The van der Waals surface area contributed by atoms with Crippen LogP contribution in [0.4, 0.5) is 0 Å². The van der Waals surface area contributed by atoms with E-state index in [1.54, 1.807) is 11.1 Å². The zero-order valence-electron chi connectivity index (χ0n) is 17.3. The van der Waals surface area contributed by atoms with Crippen LogP contribution in [0.3, 0.4) is 0 Å². The molecule has 1 aromatic rings. The van der Waals surface area contributed by atoms with Crippen LogP contribution in [0.25, 0.3) is 0 Å². The molecule has 0 amide bonds. The number of benzene rings is 1. The monoisotopic (exact) mass is 342 g/mol. The second kappa shape index (κ2) is 11.8. The normalized spacial score (nSPS) is 20.8. The molecule has 0 spiro atoms. The largest absolute Gasteiger partial charge is 0.0654 e. The fraction of sp³-hybridized carbons (Fsp3) is 0.760. The zero-order chi connectivity index (χ0) is 17.9. The Morgan fingerprint density at radius 3 is 2.04 bits per heavy atom. The van der Waals surface area contributed by atoms with Gasteiger partial charge in [-0.25, -0.2) is 0 Å². The SMILES string of the molecule is CCCCCc1ccc(CCC2CCC(CCCCC)CC2)c(C)c1. The molecule has 142 valence electrons. The van der Waals surface area contributed by atoms with Gasteiger partial charge in [0.05, 0.1) is 0 Å². The molecule has 1 aromatic carbocycles. The molecule has 0 radical (unpaired) electrons. The molecule has 0 heterocycles. The first-order valence-corrected chi connectivity index (χ1v) is 11.3. The van der Waals surface area contributed by atoms with E-state index in [1.165, 1.54) is 95.5 Å². The van der Waals surface area contributed by atoms with Crippen molar-refractivity contribution in [2.24, 2.45) is 11.8 Å². The molecule has 2 rings (SSSR count). The molecule has 0 unspecified atom stereocenters. The molecule has 1 aliphatic carbocycles. The maximum absolute atomic E-state index is 2.45. The van der Waals surface area contributed by atoms with Crippen LogP contribution in [0.5, 0.6) is 0 Å². The van der Waals surface area contributed by atoms with Crippen LogP contribution in [0.15, 0.2) is 18.2 Å². The fourth-order valence-corrected chi connectivity index (χ4v) is 4.62. The summed E-state index contributed by atoms with van der Waals surface area (Å²) in [5.74, 6) is 2.04. The van der Waals surface area contributed by atoms with Crippen LogP contribution in [0, 0.1) is 18.8 Å². The minimum Gasteiger partial charge on any atom is -0.0654 e. The van der Waals surface area contributed by atoms with E-state index in [1.807, 2.05) is 0 Å². The van der Waals surface area contributed by atoms with E-state index in [9.17, 15) is 0 Å². The van der Waals surface area contributed by atoms with Crippen LogP contribution >= 0.6 is 0 Å². The lowest BCUT2D eigenvalue weighted by Gasteiger charge is -2.28. The van der Waals surface area contributed by atoms with E-state index in [-0.39, 0.29) is 0 Å². The number of hydrogen-bond acceptors (Lipinski definition) is 0. The van der Waals surface area contributed by atoms with Crippen molar-refractivity contribution in [3.63, 3.8) is 0 Å². The second-order valence-electron chi connectivity index (χ2n) is 8.64. The van der Waals surface area contributed by atoms with Gasteiger partial charge in [0, 0.05) is 0 Å². The van der Waals surface area contributed by atoms with E-state index in [2.05, 4.69) is 39.0 Å². The summed E-state index contributed by atoms with van der Waals surface area (Å²) in [6.45, 7) is 6.92. The Morgan fingerprint density at radius 1 is 0.760 bits per heavy atom. The van der Waals surface area contributed by atoms with Crippen molar-refractivity contribution >= 4 is 0 Å². The van der Waals surface area contributed by atoms with E-state index in [0.717, 1.165) is 11.8 Å². The summed E-state index contributed by atoms with van der Waals surface area (Å²) in [4.78, 5) is 0. The molecule has 0 saturated heterocycles. The summed E-state index contributed by atoms with van der Waals surface area (Å²) in [5.41, 5.74) is 4.67. The molecule has 0 bridgehead atoms. The summed E-state index contributed by atoms with van der Waals surface area (Å²) in [7, 11) is 0. The second-order valence-corrected chi connectivity index (χ2v) is 8.64. The average molecular weight is 343 g/mol. The Kier molecular flexibility index (Phi) is 9.66. The topological polar surface area (TPSA) is 0 Å². The quantitative estimate of drug-likeness (QED) is 0.357. The lowest BCUT2D eigenvalue weighted by Crippen LogP contribution is -2.15. The van der Waals surface area contributed by atoms with Crippen LogP contribution in [0.2, 0.25) is 0 Å². The molecule has 0 nitrogen and oxygen atoms in total. The Hall–Kier alpha value is -0.780. The first-order chi connectivity index (χ1) is 12.2. The summed E-state index contributed by atoms with van der Waals surface area (Å²) < 4.78 is 0. The first-order valence-electron chi connectivity index (χ1n) is 11.3. The first kappa shape index (κ1) is 20.5. The van der Waals surface area contributed by atoms with Crippen LogP contribution in [-0.4, -0.2) is 0 Å². The van der Waals surface area contributed by atoms with Crippen molar-refractivity contribution in [1.29, 1.82) is 0 Å². The van der Waals surface area contributed by atoms with Crippen LogP contribution in [0.1, 0.15) is 108 Å². The summed E-state index contributed by atoms with van der Waals surface area (Å²) in [6.07, 6.45) is 19.8. The summed E-state index contributed by atoms with van der Waals surface area (Å²) in [5, 5.41) is 0. The third-order valence-electron chi connectivity index (χ3n) is 6.48. The third-order valence-corrected chi connectivity index (χ3v) is 6.48. The van der Waals surface area contributed by atoms with Crippen molar-refractivity contribution in [3.8, 4) is 0 Å². The van der Waals surface area contributed by atoms with Gasteiger partial charge < -0.3 is 0 Å². The van der Waals surface area contributed by atoms with Gasteiger partial charge in [-0.1, -0.05) is 96.3 Å². The van der Waals surface area contributed by atoms with Gasteiger partial charge in [0.2, 0.25) is 0 Å². The molecule has 0 heteroatoms. The predicted octanol–water partition coefficient (Wildman–Crippen LogP) is 8.05. The van der Waals surface area contributed by atoms with Gasteiger partial charge in [-0.05, 0) is 61.1 Å². The van der Waals surface area contributed by atoms with Crippen molar-refractivity contribution in [2.75, 3.05) is 0 Å². The highest BCUT2D eigenvalue weighted by Gasteiger charge is 2.20. The molecule has 0 aliphatic heterocycles. The Bertz CT molecular complexity index is 465. The molecule has 1 saturated carbocycles. The fourth-order valence-electron chi connectivity index (χ4n) is 4.62. The van der Waals surface area contributed by atoms with Gasteiger partial charge in [-0.2, -0.15) is 0 Å². The molecule has 1 aliphatic rings. The number of hydrogen-bond donors (Lipinski definition) is 0. The Labute approximate surface area is 157 Å². The molecule has 0 N–H and O–H groups in total. The number of rotatable bonds is 11. The lowest BCUT2D eigenvalue weighted by atomic mass is 9.77. The van der Waals surface area contributed by atoms with Crippen molar-refractivity contribution in [3.05, 3.63) is 34.9 Å². The van der Waals surface area contributed by atoms with E-state index in [4.69, 9.17) is 0 Å². The molecule has 1 fully saturated rings. The maximum atomic E-state index is 2.45. The summed E-state index contributed by atoms with van der Waals surface area (Å²) >= 11 is 0. The van der Waals surface area contributed by atoms with Crippen molar-refractivity contribution < 1.29 is 0 Å². The van der Waals surface area contributed by atoms with Gasteiger partial charge >= 0.3 is 0 Å². The summed E-state index contributed by atoms with van der Waals surface area (Å²) in [6, 6.07) is 7.27. The minimum absolute atomic E-state index is 0.992. The lowest BCUT2D eigenvalue weighted by molar-refractivity contribution is 0.249. The van der Waals surface area contributed by atoms with Crippen molar-refractivity contribution in [1.82, 2.24) is 0 Å².